The van der Waals surface area contributed by atoms with Gasteiger partial charge in [-0.2, -0.15) is 0 Å². The van der Waals surface area contributed by atoms with Crippen molar-refractivity contribution in [1.82, 2.24) is 14.6 Å². The lowest BCUT2D eigenvalue weighted by Gasteiger charge is -2.34. The second kappa shape index (κ2) is 8.12. The Morgan fingerprint density at radius 3 is 2.41 bits per heavy atom. The molecule has 2 heterocycles. The molecule has 0 radical (unpaired) electrons. The maximum Gasteiger partial charge on any atom is 0.240 e. The number of oxazole rings is 1. The van der Waals surface area contributed by atoms with E-state index in [-0.39, 0.29) is 10.9 Å². The molecule has 1 aromatic carbocycles. The SMILES string of the molecule is Cc1nc(-c2ccc(S(=O)(=O)NCC(C)N3CCC(C)CC3)cc2)c(C)o1. The largest absolute Gasteiger partial charge is 0.446 e. The fraction of sp³-hybridized carbons (Fsp3) is 0.550. The topological polar surface area (TPSA) is 75.4 Å². The Balaban J connectivity index is 1.63. The van der Waals surface area contributed by atoms with Crippen molar-refractivity contribution in [2.24, 2.45) is 5.92 Å². The molecule has 1 aliphatic heterocycles. The van der Waals surface area contributed by atoms with Gasteiger partial charge in [0.2, 0.25) is 10.0 Å². The molecular weight excluding hydrogens is 362 g/mol. The van der Waals surface area contributed by atoms with Crippen LogP contribution in [0.1, 0.15) is 38.3 Å². The highest BCUT2D eigenvalue weighted by Crippen LogP contribution is 2.24. The molecule has 1 fully saturated rings. The molecule has 3 rings (SSSR count). The van der Waals surface area contributed by atoms with Crippen molar-refractivity contribution in [2.75, 3.05) is 19.6 Å². The van der Waals surface area contributed by atoms with Gasteiger partial charge in [0.15, 0.2) is 5.89 Å². The average Bonchev–Trinajstić information content (AvgIpc) is 2.99. The van der Waals surface area contributed by atoms with E-state index >= 15 is 0 Å². The van der Waals surface area contributed by atoms with Crippen LogP contribution in [0.25, 0.3) is 11.3 Å². The summed E-state index contributed by atoms with van der Waals surface area (Å²) in [7, 11) is -3.53. The number of piperidine rings is 1. The zero-order valence-electron chi connectivity index (χ0n) is 16.5. The normalized spacial score (nSPS) is 17.9. The van der Waals surface area contributed by atoms with Crippen LogP contribution in [0.15, 0.2) is 33.6 Å². The fourth-order valence-corrected chi connectivity index (χ4v) is 4.62. The van der Waals surface area contributed by atoms with Crippen LogP contribution in [0, 0.1) is 19.8 Å². The molecule has 1 saturated heterocycles. The molecule has 0 saturated carbocycles. The molecule has 1 aromatic heterocycles. The van der Waals surface area contributed by atoms with Crippen LogP contribution >= 0.6 is 0 Å². The molecule has 0 bridgehead atoms. The van der Waals surface area contributed by atoms with E-state index in [0.29, 0.717) is 12.4 Å². The van der Waals surface area contributed by atoms with E-state index < -0.39 is 10.0 Å². The van der Waals surface area contributed by atoms with Crippen molar-refractivity contribution >= 4 is 10.0 Å². The molecule has 7 heteroatoms. The Morgan fingerprint density at radius 1 is 1.22 bits per heavy atom. The molecule has 1 aliphatic rings. The van der Waals surface area contributed by atoms with Gasteiger partial charge in [0.05, 0.1) is 4.90 Å². The van der Waals surface area contributed by atoms with Crippen molar-refractivity contribution < 1.29 is 12.8 Å². The summed E-state index contributed by atoms with van der Waals surface area (Å²) in [5.41, 5.74) is 1.59. The third kappa shape index (κ3) is 4.78. The maximum absolute atomic E-state index is 12.6. The predicted molar refractivity (Wildman–Crippen MR) is 106 cm³/mol. The standard InChI is InChI=1S/C20H29N3O3S/c1-14-9-11-23(12-10-14)15(2)13-21-27(24,25)19-7-5-18(6-8-19)20-16(3)26-17(4)22-20/h5-8,14-15,21H,9-13H2,1-4H3. The minimum Gasteiger partial charge on any atom is -0.446 e. The average molecular weight is 392 g/mol. The Hall–Kier alpha value is -1.70. The smallest absolute Gasteiger partial charge is 0.240 e. The molecule has 1 N–H and O–H groups in total. The fourth-order valence-electron chi connectivity index (χ4n) is 3.50. The first kappa shape index (κ1) is 20.0. The van der Waals surface area contributed by atoms with Crippen LogP contribution in [0.5, 0.6) is 0 Å². The van der Waals surface area contributed by atoms with Crippen LogP contribution in [0.4, 0.5) is 0 Å². The lowest BCUT2D eigenvalue weighted by atomic mass is 9.98. The van der Waals surface area contributed by atoms with Gasteiger partial charge >= 0.3 is 0 Å². The van der Waals surface area contributed by atoms with E-state index in [4.69, 9.17) is 4.42 Å². The van der Waals surface area contributed by atoms with Crippen LogP contribution in [-0.4, -0.2) is 44.0 Å². The van der Waals surface area contributed by atoms with Crippen LogP contribution in [0.2, 0.25) is 0 Å². The Labute approximate surface area is 162 Å². The summed E-state index contributed by atoms with van der Waals surface area (Å²) in [5, 5.41) is 0. The summed E-state index contributed by atoms with van der Waals surface area (Å²) < 4.78 is 33.5. The van der Waals surface area contributed by atoms with E-state index in [9.17, 15) is 8.42 Å². The Morgan fingerprint density at radius 2 is 1.85 bits per heavy atom. The second-order valence-electron chi connectivity index (χ2n) is 7.58. The number of aromatic nitrogens is 1. The number of rotatable bonds is 6. The van der Waals surface area contributed by atoms with Crippen molar-refractivity contribution in [2.45, 2.75) is 51.5 Å². The van der Waals surface area contributed by atoms with E-state index in [2.05, 4.69) is 28.5 Å². The first-order valence-electron chi connectivity index (χ1n) is 9.54. The van der Waals surface area contributed by atoms with Crippen molar-refractivity contribution in [3.05, 3.63) is 35.9 Å². The number of likely N-dealkylation sites (tertiary alicyclic amines) is 1. The molecule has 1 unspecified atom stereocenters. The number of hydrogen-bond acceptors (Lipinski definition) is 5. The molecule has 1 atom stereocenters. The quantitative estimate of drug-likeness (QED) is 0.817. The molecule has 0 aliphatic carbocycles. The summed E-state index contributed by atoms with van der Waals surface area (Å²) in [6.45, 7) is 10.5. The molecule has 2 aromatic rings. The molecule has 0 spiro atoms. The lowest BCUT2D eigenvalue weighted by molar-refractivity contribution is 0.148. The number of sulfonamides is 1. The van der Waals surface area contributed by atoms with Crippen molar-refractivity contribution in [3.8, 4) is 11.3 Å². The summed E-state index contributed by atoms with van der Waals surface area (Å²) >= 11 is 0. The summed E-state index contributed by atoms with van der Waals surface area (Å²) in [4.78, 5) is 6.98. The second-order valence-corrected chi connectivity index (χ2v) is 9.35. The van der Waals surface area contributed by atoms with Crippen molar-refractivity contribution in [1.29, 1.82) is 0 Å². The van der Waals surface area contributed by atoms with Gasteiger partial charge in [-0.1, -0.05) is 19.1 Å². The minimum atomic E-state index is -3.53. The summed E-state index contributed by atoms with van der Waals surface area (Å²) in [5.74, 6) is 2.09. The van der Waals surface area contributed by atoms with Gasteiger partial charge in [0.1, 0.15) is 11.5 Å². The van der Waals surface area contributed by atoms with Gasteiger partial charge in [-0.15, -0.1) is 0 Å². The van der Waals surface area contributed by atoms with E-state index in [1.807, 2.05) is 6.92 Å². The number of nitrogens with zero attached hydrogens (tertiary/aromatic N) is 2. The third-order valence-electron chi connectivity index (χ3n) is 5.35. The summed E-state index contributed by atoms with van der Waals surface area (Å²) in [6.07, 6.45) is 2.36. The highest BCUT2D eigenvalue weighted by molar-refractivity contribution is 7.89. The van der Waals surface area contributed by atoms with Crippen molar-refractivity contribution in [3.63, 3.8) is 0 Å². The maximum atomic E-state index is 12.6. The Kier molecular flexibility index (Phi) is 6.03. The van der Waals surface area contributed by atoms with Crippen LogP contribution in [-0.2, 0) is 10.0 Å². The van der Waals surface area contributed by atoms with Crippen LogP contribution < -0.4 is 4.72 Å². The van der Waals surface area contributed by atoms with Gasteiger partial charge in [-0.05, 0) is 57.8 Å². The molecular formula is C20H29N3O3S. The highest BCUT2D eigenvalue weighted by Gasteiger charge is 2.22. The first-order valence-corrected chi connectivity index (χ1v) is 11.0. The van der Waals surface area contributed by atoms with E-state index in [1.165, 1.54) is 12.8 Å². The molecule has 6 nitrogen and oxygen atoms in total. The zero-order chi connectivity index (χ0) is 19.6. The highest BCUT2D eigenvalue weighted by atomic mass is 32.2. The number of hydrogen-bond donors (Lipinski definition) is 1. The minimum absolute atomic E-state index is 0.187. The van der Waals surface area contributed by atoms with Gasteiger partial charge in [-0.3, -0.25) is 4.90 Å². The lowest BCUT2D eigenvalue weighted by Crippen LogP contribution is -2.45. The Bertz CT molecular complexity index is 866. The number of nitrogens with one attached hydrogen (secondary N) is 1. The van der Waals surface area contributed by atoms with Gasteiger partial charge < -0.3 is 4.42 Å². The van der Waals surface area contributed by atoms with E-state index in [0.717, 1.165) is 36.0 Å². The molecule has 148 valence electrons. The van der Waals surface area contributed by atoms with Crippen LogP contribution in [0.3, 0.4) is 0 Å². The first-order chi connectivity index (χ1) is 12.8. The number of aryl methyl sites for hydroxylation is 2. The zero-order valence-corrected chi connectivity index (χ0v) is 17.3. The van der Waals surface area contributed by atoms with Gasteiger partial charge in [-0.25, -0.2) is 18.1 Å². The van der Waals surface area contributed by atoms with Gasteiger partial charge in [0, 0.05) is 25.1 Å². The molecule has 0 amide bonds. The van der Waals surface area contributed by atoms with Gasteiger partial charge in [0.25, 0.3) is 0 Å². The predicted octanol–water partition coefficient (Wildman–Crippen LogP) is 3.36. The number of benzene rings is 1. The third-order valence-corrected chi connectivity index (χ3v) is 6.79. The molecule has 27 heavy (non-hydrogen) atoms. The monoisotopic (exact) mass is 391 g/mol. The summed E-state index contributed by atoms with van der Waals surface area (Å²) in [6, 6.07) is 6.97. The van der Waals surface area contributed by atoms with E-state index in [1.54, 1.807) is 31.2 Å².